The second kappa shape index (κ2) is 8.42. The average molecular weight is 330 g/mol. The van der Waals surface area contributed by atoms with Crippen molar-refractivity contribution in [3.05, 3.63) is 11.7 Å². The molecule has 0 bridgehead atoms. The Labute approximate surface area is 141 Å². The van der Waals surface area contributed by atoms with Gasteiger partial charge in [0.05, 0.1) is 24.6 Å². The molecular weight excluding hydrogens is 308 g/mol. The van der Waals surface area contributed by atoms with Gasteiger partial charge in [-0.15, -0.1) is 0 Å². The summed E-state index contributed by atoms with van der Waals surface area (Å²) in [5.41, 5.74) is 0. The number of carbonyl (C=O) groups is 1. The zero-order chi connectivity index (χ0) is 17.5. The predicted octanol–water partition coefficient (Wildman–Crippen LogP) is 1.24. The highest BCUT2D eigenvalue weighted by Gasteiger charge is 2.31. The molecule has 8 nitrogen and oxygen atoms in total. The van der Waals surface area contributed by atoms with Crippen molar-refractivity contribution in [1.82, 2.24) is 19.9 Å². The van der Waals surface area contributed by atoms with Crippen LogP contribution in [0.5, 0.6) is 0 Å². The van der Waals surface area contributed by atoms with Gasteiger partial charge in [0.2, 0.25) is 11.8 Å². The van der Waals surface area contributed by atoms with Gasteiger partial charge in [0.1, 0.15) is 0 Å². The van der Waals surface area contributed by atoms with Gasteiger partial charge in [-0.05, 0) is 12.8 Å². The van der Waals surface area contributed by atoms with Gasteiger partial charge in [0, 0.05) is 45.9 Å². The largest absolute Gasteiger partial charge is 0.340 e. The Morgan fingerprint density at radius 2 is 2.33 bits per heavy atom. The highest BCUT2D eigenvalue weighted by atomic mass is 16.5. The minimum absolute atomic E-state index is 0.0226. The number of likely N-dealkylation sites (tertiary alicyclic amines) is 1. The molecular formula is C16H22N6O2. The Morgan fingerprint density at radius 1 is 1.54 bits per heavy atom. The molecule has 1 aliphatic heterocycles. The third kappa shape index (κ3) is 4.77. The van der Waals surface area contributed by atoms with Crippen LogP contribution in [0.1, 0.15) is 37.9 Å². The molecule has 1 aromatic rings. The number of carbonyl (C=O) groups excluding carboxylic acids is 1. The molecule has 1 saturated heterocycles. The lowest BCUT2D eigenvalue weighted by Crippen LogP contribution is -2.41. The molecule has 0 radical (unpaired) electrons. The Bertz CT molecular complexity index is 644. The number of rotatable bonds is 7. The molecule has 24 heavy (non-hydrogen) atoms. The fourth-order valence-corrected chi connectivity index (χ4v) is 3.03. The lowest BCUT2D eigenvalue weighted by molar-refractivity contribution is -0.131. The topological polar surface area (TPSA) is 110 Å². The molecule has 0 aliphatic carbocycles. The van der Waals surface area contributed by atoms with Gasteiger partial charge >= 0.3 is 0 Å². The molecule has 1 aromatic heterocycles. The summed E-state index contributed by atoms with van der Waals surface area (Å²) in [6.45, 7) is 5.80. The number of hydrogen-bond donors (Lipinski definition) is 0. The van der Waals surface area contributed by atoms with Crippen LogP contribution in [0.2, 0.25) is 0 Å². The summed E-state index contributed by atoms with van der Waals surface area (Å²) in [5, 5.41) is 21.7. The van der Waals surface area contributed by atoms with Crippen molar-refractivity contribution >= 4 is 5.91 Å². The highest BCUT2D eigenvalue weighted by Crippen LogP contribution is 2.20. The number of amides is 1. The van der Waals surface area contributed by atoms with Crippen LogP contribution in [0, 0.1) is 35.5 Å². The molecule has 0 N–H and O–H groups in total. The van der Waals surface area contributed by atoms with Crippen molar-refractivity contribution in [2.45, 2.75) is 45.7 Å². The van der Waals surface area contributed by atoms with Crippen LogP contribution < -0.4 is 0 Å². The lowest BCUT2D eigenvalue weighted by atomic mass is 10.1. The zero-order valence-corrected chi connectivity index (χ0v) is 14.1. The molecule has 1 aliphatic rings. The molecule has 0 saturated carbocycles. The van der Waals surface area contributed by atoms with Crippen molar-refractivity contribution < 1.29 is 9.32 Å². The number of nitrogens with zero attached hydrogens (tertiary/aromatic N) is 6. The molecule has 2 rings (SSSR count). The van der Waals surface area contributed by atoms with Crippen LogP contribution in [-0.2, 0) is 11.3 Å². The van der Waals surface area contributed by atoms with Gasteiger partial charge in [0.15, 0.2) is 5.82 Å². The van der Waals surface area contributed by atoms with E-state index in [1.54, 1.807) is 18.7 Å². The van der Waals surface area contributed by atoms with Crippen molar-refractivity contribution in [1.29, 1.82) is 10.5 Å². The molecule has 2 heterocycles. The highest BCUT2D eigenvalue weighted by molar-refractivity contribution is 5.73. The summed E-state index contributed by atoms with van der Waals surface area (Å²) in [6.07, 6.45) is 1.84. The van der Waals surface area contributed by atoms with Crippen molar-refractivity contribution in [3.8, 4) is 12.1 Å². The fraction of sp³-hybridized carbons (Fsp3) is 0.688. The minimum atomic E-state index is -0.144. The minimum Gasteiger partial charge on any atom is -0.340 e. The maximum atomic E-state index is 12.0. The van der Waals surface area contributed by atoms with Crippen LogP contribution in [-0.4, -0.2) is 51.5 Å². The van der Waals surface area contributed by atoms with E-state index in [4.69, 9.17) is 9.78 Å². The van der Waals surface area contributed by atoms with Crippen LogP contribution in [0.25, 0.3) is 0 Å². The molecule has 1 amide bonds. The van der Waals surface area contributed by atoms with Gasteiger partial charge < -0.3 is 9.42 Å². The maximum absolute atomic E-state index is 12.0. The van der Waals surface area contributed by atoms with Crippen molar-refractivity contribution in [2.24, 2.45) is 5.92 Å². The van der Waals surface area contributed by atoms with Gasteiger partial charge in [0.25, 0.3) is 0 Å². The van der Waals surface area contributed by atoms with Crippen molar-refractivity contribution in [2.75, 3.05) is 19.6 Å². The standard InChI is InChI=1S/C16H22N6O2/c1-12-19-16(20-24-12)11-22(13(2)23)15-5-7-21(10-15)9-14(8-18)4-3-6-17/h14-15H,3-5,7,9-11H2,1-2H3/t14-,15+/m1/s1. The summed E-state index contributed by atoms with van der Waals surface area (Å²) in [4.78, 5) is 20.1. The first-order chi connectivity index (χ1) is 11.5. The van der Waals surface area contributed by atoms with E-state index in [0.717, 1.165) is 19.5 Å². The van der Waals surface area contributed by atoms with Crippen LogP contribution in [0.3, 0.4) is 0 Å². The molecule has 0 unspecified atom stereocenters. The SMILES string of the molecule is CC(=O)N(Cc1noc(C)n1)[C@H]1CCN(C[C@@H](C#N)CCC#N)C1. The van der Waals surface area contributed by atoms with E-state index >= 15 is 0 Å². The van der Waals surface area contributed by atoms with E-state index in [1.165, 1.54) is 0 Å². The van der Waals surface area contributed by atoms with Gasteiger partial charge in [-0.1, -0.05) is 5.16 Å². The van der Waals surface area contributed by atoms with E-state index in [9.17, 15) is 10.1 Å². The number of aromatic nitrogens is 2. The normalized spacial score (nSPS) is 18.8. The quantitative estimate of drug-likeness (QED) is 0.739. The summed E-state index contributed by atoms with van der Waals surface area (Å²) in [7, 11) is 0. The van der Waals surface area contributed by atoms with Gasteiger partial charge in [-0.3, -0.25) is 9.69 Å². The lowest BCUT2D eigenvalue weighted by Gasteiger charge is -2.27. The Kier molecular flexibility index (Phi) is 6.28. The van der Waals surface area contributed by atoms with Crippen LogP contribution in [0.4, 0.5) is 0 Å². The fourth-order valence-electron chi connectivity index (χ4n) is 3.03. The van der Waals surface area contributed by atoms with Gasteiger partial charge in [-0.25, -0.2) is 0 Å². The van der Waals surface area contributed by atoms with Crippen LogP contribution >= 0.6 is 0 Å². The predicted molar refractivity (Wildman–Crippen MR) is 84.1 cm³/mol. The number of nitriles is 2. The third-order valence-electron chi connectivity index (χ3n) is 4.24. The maximum Gasteiger partial charge on any atom is 0.223 e. The molecule has 0 spiro atoms. The molecule has 0 aromatic carbocycles. The summed E-state index contributed by atoms with van der Waals surface area (Å²) in [6, 6.07) is 4.43. The van der Waals surface area contributed by atoms with E-state index in [0.29, 0.717) is 37.6 Å². The first-order valence-corrected chi connectivity index (χ1v) is 8.08. The Hall–Kier alpha value is -2.45. The average Bonchev–Trinajstić information content (AvgIpc) is 3.17. The number of hydrogen-bond acceptors (Lipinski definition) is 7. The molecule has 128 valence electrons. The van der Waals surface area contributed by atoms with Crippen LogP contribution in [0.15, 0.2) is 4.52 Å². The monoisotopic (exact) mass is 330 g/mol. The first kappa shape index (κ1) is 17.9. The van der Waals surface area contributed by atoms with E-state index < -0.39 is 0 Å². The first-order valence-electron chi connectivity index (χ1n) is 8.08. The molecule has 2 atom stereocenters. The smallest absolute Gasteiger partial charge is 0.223 e. The van der Waals surface area contributed by atoms with Crippen molar-refractivity contribution in [3.63, 3.8) is 0 Å². The Balaban J connectivity index is 1.92. The second-order valence-corrected chi connectivity index (χ2v) is 6.10. The third-order valence-corrected chi connectivity index (χ3v) is 4.24. The van der Waals surface area contributed by atoms with E-state index in [1.807, 2.05) is 0 Å². The molecule has 1 fully saturated rings. The number of aryl methyl sites for hydroxylation is 1. The van der Waals surface area contributed by atoms with E-state index in [-0.39, 0.29) is 17.9 Å². The summed E-state index contributed by atoms with van der Waals surface area (Å²) < 4.78 is 4.96. The summed E-state index contributed by atoms with van der Waals surface area (Å²) >= 11 is 0. The van der Waals surface area contributed by atoms with Gasteiger partial charge in [-0.2, -0.15) is 15.5 Å². The summed E-state index contributed by atoms with van der Waals surface area (Å²) in [5.74, 6) is 0.820. The zero-order valence-electron chi connectivity index (χ0n) is 14.1. The molecule has 8 heteroatoms. The van der Waals surface area contributed by atoms with E-state index in [2.05, 4.69) is 27.2 Å². The Morgan fingerprint density at radius 3 is 2.92 bits per heavy atom. The second-order valence-electron chi connectivity index (χ2n) is 6.10.